The summed E-state index contributed by atoms with van der Waals surface area (Å²) in [5, 5.41) is 5.85. The summed E-state index contributed by atoms with van der Waals surface area (Å²) in [6.07, 6.45) is 1.15. The topological polar surface area (TPSA) is 61.4 Å². The molecule has 0 saturated heterocycles. The lowest BCUT2D eigenvalue weighted by Gasteiger charge is -2.28. The van der Waals surface area contributed by atoms with Crippen LogP contribution in [0.2, 0.25) is 0 Å². The zero-order chi connectivity index (χ0) is 25.7. The predicted octanol–water partition coefficient (Wildman–Crippen LogP) is 5.37. The van der Waals surface area contributed by atoms with Crippen LogP contribution < -0.4 is 10.6 Å². The minimum absolute atomic E-state index is 0.0986. The number of carbonyl (C=O) groups excluding carboxylic acids is 2. The first-order valence-corrected chi connectivity index (χ1v) is 12.7. The summed E-state index contributed by atoms with van der Waals surface area (Å²) < 4.78 is 0. The fraction of sp³-hybridized carbons (Fsp3) is 0.188. The molecule has 0 aromatic heterocycles. The van der Waals surface area contributed by atoms with E-state index in [1.807, 2.05) is 114 Å². The zero-order valence-corrected chi connectivity index (χ0v) is 20.9. The molecule has 188 valence electrons. The van der Waals surface area contributed by atoms with Crippen molar-refractivity contribution < 1.29 is 9.59 Å². The second-order valence-electron chi connectivity index (χ2n) is 9.04. The highest BCUT2D eigenvalue weighted by Gasteiger charge is 2.26. The molecule has 4 rings (SSSR count). The predicted molar refractivity (Wildman–Crippen MR) is 148 cm³/mol. The largest absolute Gasteiger partial charge is 0.336 e. The van der Waals surface area contributed by atoms with Crippen molar-refractivity contribution >= 4 is 11.9 Å². The number of carbonyl (C=O) groups is 2. The van der Waals surface area contributed by atoms with Gasteiger partial charge in [0, 0.05) is 26.1 Å². The highest BCUT2D eigenvalue weighted by atomic mass is 16.2. The molecule has 0 saturated carbocycles. The van der Waals surface area contributed by atoms with Gasteiger partial charge >= 0.3 is 6.03 Å². The summed E-state index contributed by atoms with van der Waals surface area (Å²) in [4.78, 5) is 28.7. The molecule has 4 aromatic rings. The van der Waals surface area contributed by atoms with E-state index in [-0.39, 0.29) is 11.9 Å². The van der Waals surface area contributed by atoms with Crippen molar-refractivity contribution in [2.45, 2.75) is 32.0 Å². The first-order valence-electron chi connectivity index (χ1n) is 12.7. The van der Waals surface area contributed by atoms with Crippen LogP contribution in [0, 0.1) is 0 Å². The Morgan fingerprint density at radius 1 is 0.622 bits per heavy atom. The Morgan fingerprint density at radius 2 is 1.11 bits per heavy atom. The van der Waals surface area contributed by atoms with Gasteiger partial charge in [-0.05, 0) is 28.7 Å². The summed E-state index contributed by atoms with van der Waals surface area (Å²) in [6.45, 7) is 1.42. The van der Waals surface area contributed by atoms with Crippen LogP contribution in [-0.4, -0.2) is 29.4 Å². The van der Waals surface area contributed by atoms with E-state index in [0.717, 1.165) is 23.1 Å². The Labute approximate surface area is 219 Å². The Balaban J connectivity index is 1.51. The van der Waals surface area contributed by atoms with Crippen molar-refractivity contribution in [2.24, 2.45) is 0 Å². The van der Waals surface area contributed by atoms with Gasteiger partial charge in [0.05, 0.1) is 0 Å². The fourth-order valence-electron chi connectivity index (χ4n) is 4.24. The minimum atomic E-state index is -0.697. The van der Waals surface area contributed by atoms with E-state index < -0.39 is 6.04 Å². The van der Waals surface area contributed by atoms with Crippen LogP contribution in [-0.2, 0) is 30.7 Å². The first kappa shape index (κ1) is 25.7. The van der Waals surface area contributed by atoms with Gasteiger partial charge in [0.25, 0.3) is 0 Å². The van der Waals surface area contributed by atoms with Crippen molar-refractivity contribution in [1.29, 1.82) is 0 Å². The molecular formula is C32H33N3O2. The second-order valence-corrected chi connectivity index (χ2v) is 9.04. The van der Waals surface area contributed by atoms with Gasteiger partial charge < -0.3 is 15.5 Å². The molecule has 3 amide bonds. The molecule has 37 heavy (non-hydrogen) atoms. The normalized spacial score (nSPS) is 11.4. The SMILES string of the molecule is O=C(NCc1ccccc1)NC(Cc1ccccc1)C(=O)N(CCc1ccccc1)Cc1ccccc1. The molecule has 0 heterocycles. The van der Waals surface area contributed by atoms with E-state index in [4.69, 9.17) is 0 Å². The van der Waals surface area contributed by atoms with Crippen molar-refractivity contribution in [2.75, 3.05) is 6.54 Å². The van der Waals surface area contributed by atoms with Gasteiger partial charge in [-0.2, -0.15) is 0 Å². The maximum atomic E-state index is 14.0. The van der Waals surface area contributed by atoms with Crippen LogP contribution in [0.3, 0.4) is 0 Å². The standard InChI is InChI=1S/C32H33N3O2/c36-31(35(25-29-19-11-4-12-20-29)22-21-26-13-5-1-6-14-26)30(23-27-15-7-2-8-16-27)34-32(37)33-24-28-17-9-3-10-18-28/h1-20,30H,21-25H2,(H2,33,34,37). The summed E-state index contributed by atoms with van der Waals surface area (Å²) in [6, 6.07) is 38.6. The monoisotopic (exact) mass is 491 g/mol. The zero-order valence-electron chi connectivity index (χ0n) is 20.9. The van der Waals surface area contributed by atoms with Crippen LogP contribution in [0.1, 0.15) is 22.3 Å². The van der Waals surface area contributed by atoms with Crippen LogP contribution in [0.4, 0.5) is 4.79 Å². The van der Waals surface area contributed by atoms with Gasteiger partial charge in [0.15, 0.2) is 0 Å². The average molecular weight is 492 g/mol. The van der Waals surface area contributed by atoms with E-state index in [1.54, 1.807) is 0 Å². The molecule has 0 aliphatic rings. The fourth-order valence-corrected chi connectivity index (χ4v) is 4.24. The van der Waals surface area contributed by atoms with Crippen LogP contribution in [0.5, 0.6) is 0 Å². The van der Waals surface area contributed by atoms with E-state index >= 15 is 0 Å². The number of hydrogen-bond acceptors (Lipinski definition) is 2. The summed E-state index contributed by atoms with van der Waals surface area (Å²) >= 11 is 0. The Hall–Kier alpha value is -4.38. The number of amides is 3. The molecule has 5 heteroatoms. The Bertz CT molecular complexity index is 1230. The van der Waals surface area contributed by atoms with Gasteiger partial charge in [-0.3, -0.25) is 4.79 Å². The van der Waals surface area contributed by atoms with Crippen LogP contribution in [0.15, 0.2) is 121 Å². The maximum Gasteiger partial charge on any atom is 0.315 e. The number of benzene rings is 4. The van der Waals surface area contributed by atoms with Gasteiger partial charge in [0.1, 0.15) is 6.04 Å². The number of rotatable bonds is 11. The molecule has 0 fully saturated rings. The Kier molecular flexibility index (Phi) is 9.48. The van der Waals surface area contributed by atoms with E-state index in [9.17, 15) is 9.59 Å². The third kappa shape index (κ3) is 8.36. The number of hydrogen-bond donors (Lipinski definition) is 2. The minimum Gasteiger partial charge on any atom is -0.336 e. The molecule has 1 unspecified atom stereocenters. The number of nitrogens with one attached hydrogen (secondary N) is 2. The summed E-state index contributed by atoms with van der Waals surface area (Å²) in [5.41, 5.74) is 4.21. The average Bonchev–Trinajstić information content (AvgIpc) is 2.95. The second kappa shape index (κ2) is 13.6. The van der Waals surface area contributed by atoms with Crippen molar-refractivity contribution in [1.82, 2.24) is 15.5 Å². The molecule has 0 aliphatic heterocycles. The van der Waals surface area contributed by atoms with Gasteiger partial charge in [-0.25, -0.2) is 4.79 Å². The van der Waals surface area contributed by atoms with E-state index in [0.29, 0.717) is 26.1 Å². The summed E-state index contributed by atoms with van der Waals surface area (Å²) in [7, 11) is 0. The quantitative estimate of drug-likeness (QED) is 0.296. The first-order chi connectivity index (χ1) is 18.2. The van der Waals surface area contributed by atoms with Crippen LogP contribution in [0.25, 0.3) is 0 Å². The molecule has 4 aromatic carbocycles. The molecule has 0 spiro atoms. The molecular weight excluding hydrogens is 458 g/mol. The molecule has 2 N–H and O–H groups in total. The lowest BCUT2D eigenvalue weighted by molar-refractivity contribution is -0.133. The molecule has 1 atom stereocenters. The summed E-state index contributed by atoms with van der Waals surface area (Å²) in [5.74, 6) is -0.0986. The van der Waals surface area contributed by atoms with Crippen molar-refractivity contribution in [3.05, 3.63) is 144 Å². The van der Waals surface area contributed by atoms with E-state index in [2.05, 4.69) is 22.8 Å². The highest BCUT2D eigenvalue weighted by Crippen LogP contribution is 2.12. The molecule has 0 aliphatic carbocycles. The maximum absolute atomic E-state index is 14.0. The smallest absolute Gasteiger partial charge is 0.315 e. The molecule has 0 bridgehead atoms. The van der Waals surface area contributed by atoms with E-state index in [1.165, 1.54) is 5.56 Å². The van der Waals surface area contributed by atoms with Crippen molar-refractivity contribution in [3.8, 4) is 0 Å². The number of urea groups is 1. The third-order valence-corrected chi connectivity index (χ3v) is 6.22. The Morgan fingerprint density at radius 3 is 1.68 bits per heavy atom. The van der Waals surface area contributed by atoms with Gasteiger partial charge in [-0.15, -0.1) is 0 Å². The lowest BCUT2D eigenvalue weighted by Crippen LogP contribution is -2.52. The van der Waals surface area contributed by atoms with Crippen molar-refractivity contribution in [3.63, 3.8) is 0 Å². The van der Waals surface area contributed by atoms with Crippen LogP contribution >= 0.6 is 0 Å². The number of nitrogens with zero attached hydrogens (tertiary/aromatic N) is 1. The highest BCUT2D eigenvalue weighted by molar-refractivity contribution is 5.87. The molecule has 5 nitrogen and oxygen atoms in total. The third-order valence-electron chi connectivity index (χ3n) is 6.22. The van der Waals surface area contributed by atoms with Gasteiger partial charge in [0.2, 0.25) is 5.91 Å². The lowest BCUT2D eigenvalue weighted by atomic mass is 10.0. The van der Waals surface area contributed by atoms with Gasteiger partial charge in [-0.1, -0.05) is 121 Å². The molecule has 0 radical (unpaired) electrons.